The van der Waals surface area contributed by atoms with Gasteiger partial charge >= 0.3 is 0 Å². The molecule has 2 N–H and O–H groups in total. The van der Waals surface area contributed by atoms with Crippen LogP contribution < -0.4 is 10.6 Å². The molecule has 0 spiro atoms. The SMILES string of the molecule is CCc1cccc(C)c1NC(=S)Nc1ccccc1F. The predicted molar refractivity (Wildman–Crippen MR) is 86.8 cm³/mol. The molecule has 2 aromatic carbocycles. The van der Waals surface area contributed by atoms with E-state index in [1.54, 1.807) is 18.2 Å². The molecule has 0 saturated carbocycles. The van der Waals surface area contributed by atoms with Crippen LogP contribution in [-0.2, 0) is 6.42 Å². The molecule has 0 aliphatic carbocycles. The van der Waals surface area contributed by atoms with Gasteiger partial charge in [0, 0.05) is 5.69 Å². The fourth-order valence-corrected chi connectivity index (χ4v) is 2.24. The van der Waals surface area contributed by atoms with Crippen molar-refractivity contribution >= 4 is 28.7 Å². The second kappa shape index (κ2) is 6.48. The summed E-state index contributed by atoms with van der Waals surface area (Å²) in [6.45, 7) is 4.11. The van der Waals surface area contributed by atoms with E-state index in [4.69, 9.17) is 12.2 Å². The lowest BCUT2D eigenvalue weighted by Crippen LogP contribution is -2.21. The van der Waals surface area contributed by atoms with Crippen LogP contribution in [0.5, 0.6) is 0 Å². The molecule has 0 heterocycles. The number of thiocarbonyl (C=S) groups is 1. The van der Waals surface area contributed by atoms with Crippen LogP contribution in [0.2, 0.25) is 0 Å². The molecule has 104 valence electrons. The Morgan fingerprint density at radius 1 is 1.10 bits per heavy atom. The molecule has 0 fully saturated rings. The quantitative estimate of drug-likeness (QED) is 0.813. The van der Waals surface area contributed by atoms with Crippen molar-refractivity contribution in [3.05, 3.63) is 59.4 Å². The lowest BCUT2D eigenvalue weighted by molar-refractivity contribution is 0.632. The Kier molecular flexibility index (Phi) is 4.69. The van der Waals surface area contributed by atoms with Crippen LogP contribution in [-0.4, -0.2) is 5.11 Å². The third-order valence-electron chi connectivity index (χ3n) is 3.10. The summed E-state index contributed by atoms with van der Waals surface area (Å²) in [5, 5.41) is 6.43. The zero-order chi connectivity index (χ0) is 14.5. The van der Waals surface area contributed by atoms with Crippen molar-refractivity contribution in [2.45, 2.75) is 20.3 Å². The Morgan fingerprint density at radius 3 is 2.55 bits per heavy atom. The summed E-state index contributed by atoms with van der Waals surface area (Å²) < 4.78 is 13.6. The van der Waals surface area contributed by atoms with Crippen LogP contribution >= 0.6 is 12.2 Å². The minimum absolute atomic E-state index is 0.322. The van der Waals surface area contributed by atoms with Crippen LogP contribution in [0.15, 0.2) is 42.5 Å². The van der Waals surface area contributed by atoms with Gasteiger partial charge in [0.25, 0.3) is 0 Å². The zero-order valence-electron chi connectivity index (χ0n) is 11.5. The van der Waals surface area contributed by atoms with E-state index in [1.807, 2.05) is 19.1 Å². The van der Waals surface area contributed by atoms with Crippen molar-refractivity contribution in [1.82, 2.24) is 0 Å². The van der Waals surface area contributed by atoms with Gasteiger partial charge in [0.2, 0.25) is 0 Å². The average Bonchev–Trinajstić information content (AvgIpc) is 2.43. The first kappa shape index (κ1) is 14.5. The molecule has 4 heteroatoms. The van der Waals surface area contributed by atoms with Crippen LogP contribution in [0.4, 0.5) is 15.8 Å². The number of hydrogen-bond acceptors (Lipinski definition) is 1. The fraction of sp³-hybridized carbons (Fsp3) is 0.188. The summed E-state index contributed by atoms with van der Waals surface area (Å²) in [7, 11) is 0. The zero-order valence-corrected chi connectivity index (χ0v) is 12.4. The van der Waals surface area contributed by atoms with Crippen LogP contribution in [0.25, 0.3) is 0 Å². The molecule has 0 aromatic heterocycles. The van der Waals surface area contributed by atoms with E-state index in [-0.39, 0.29) is 5.82 Å². The highest BCUT2D eigenvalue weighted by atomic mass is 32.1. The number of benzene rings is 2. The van der Waals surface area contributed by atoms with E-state index in [2.05, 4.69) is 23.6 Å². The second-order valence-electron chi connectivity index (χ2n) is 4.52. The first-order chi connectivity index (χ1) is 9.61. The summed E-state index contributed by atoms with van der Waals surface area (Å²) in [5.74, 6) is -0.322. The van der Waals surface area contributed by atoms with Gasteiger partial charge in [0.1, 0.15) is 5.82 Å². The number of aryl methyl sites for hydroxylation is 2. The van der Waals surface area contributed by atoms with Gasteiger partial charge in [-0.05, 0) is 48.8 Å². The molecule has 0 radical (unpaired) electrons. The molecule has 0 aliphatic rings. The molecule has 0 bridgehead atoms. The summed E-state index contributed by atoms with van der Waals surface area (Å²) in [6.07, 6.45) is 0.909. The first-order valence-corrected chi connectivity index (χ1v) is 6.93. The number of halogens is 1. The summed E-state index contributed by atoms with van der Waals surface area (Å²) in [4.78, 5) is 0. The van der Waals surface area contributed by atoms with Crippen molar-refractivity contribution in [1.29, 1.82) is 0 Å². The number of hydrogen-bond donors (Lipinski definition) is 2. The summed E-state index contributed by atoms with van der Waals surface area (Å²) in [5.41, 5.74) is 3.66. The van der Waals surface area contributed by atoms with E-state index >= 15 is 0 Å². The van der Waals surface area contributed by atoms with Crippen LogP contribution in [0.3, 0.4) is 0 Å². The van der Waals surface area contributed by atoms with Gasteiger partial charge in [-0.15, -0.1) is 0 Å². The Hall–Kier alpha value is -1.94. The standard InChI is InChI=1S/C16H17FN2S/c1-3-12-8-6-7-11(2)15(12)19-16(20)18-14-10-5-4-9-13(14)17/h4-10H,3H2,1-2H3,(H2,18,19,20). The van der Waals surface area contributed by atoms with E-state index in [0.717, 1.165) is 17.7 Å². The highest BCUT2D eigenvalue weighted by molar-refractivity contribution is 7.80. The monoisotopic (exact) mass is 288 g/mol. The molecular weight excluding hydrogens is 271 g/mol. The molecule has 0 atom stereocenters. The first-order valence-electron chi connectivity index (χ1n) is 6.53. The molecule has 0 saturated heterocycles. The van der Waals surface area contributed by atoms with Crippen LogP contribution in [0, 0.1) is 12.7 Å². The van der Waals surface area contributed by atoms with Crippen molar-refractivity contribution in [2.75, 3.05) is 10.6 Å². The molecule has 0 aliphatic heterocycles. The van der Waals surface area contributed by atoms with Crippen molar-refractivity contribution < 1.29 is 4.39 Å². The van der Waals surface area contributed by atoms with Crippen molar-refractivity contribution in [3.8, 4) is 0 Å². The fourth-order valence-electron chi connectivity index (χ4n) is 2.03. The number of nitrogens with one attached hydrogen (secondary N) is 2. The Bertz CT molecular complexity index is 626. The lowest BCUT2D eigenvalue weighted by atomic mass is 10.1. The maximum Gasteiger partial charge on any atom is 0.175 e. The van der Waals surface area contributed by atoms with E-state index in [9.17, 15) is 4.39 Å². The number of rotatable bonds is 3. The smallest absolute Gasteiger partial charge is 0.175 e. The van der Waals surface area contributed by atoms with Crippen molar-refractivity contribution in [2.24, 2.45) is 0 Å². The summed E-state index contributed by atoms with van der Waals surface area (Å²) >= 11 is 5.26. The lowest BCUT2D eigenvalue weighted by Gasteiger charge is -2.16. The van der Waals surface area contributed by atoms with E-state index < -0.39 is 0 Å². The minimum Gasteiger partial charge on any atom is -0.332 e. The molecule has 2 nitrogen and oxygen atoms in total. The molecule has 0 unspecified atom stereocenters. The molecule has 0 amide bonds. The van der Waals surface area contributed by atoms with Gasteiger partial charge in [-0.1, -0.05) is 37.3 Å². The Labute approximate surface area is 124 Å². The van der Waals surface area contributed by atoms with E-state index in [0.29, 0.717) is 10.8 Å². The molecule has 2 rings (SSSR count). The van der Waals surface area contributed by atoms with Gasteiger partial charge in [-0.3, -0.25) is 0 Å². The maximum atomic E-state index is 13.6. The molecular formula is C16H17FN2S. The third-order valence-corrected chi connectivity index (χ3v) is 3.30. The number of para-hydroxylation sites is 2. The maximum absolute atomic E-state index is 13.6. The normalized spacial score (nSPS) is 10.2. The molecule has 2 aromatic rings. The highest BCUT2D eigenvalue weighted by Gasteiger charge is 2.07. The van der Waals surface area contributed by atoms with E-state index in [1.165, 1.54) is 11.6 Å². The predicted octanol–water partition coefficient (Wildman–Crippen LogP) is 4.51. The topological polar surface area (TPSA) is 24.1 Å². The van der Waals surface area contributed by atoms with Gasteiger partial charge in [-0.25, -0.2) is 4.39 Å². The molecule has 20 heavy (non-hydrogen) atoms. The largest absolute Gasteiger partial charge is 0.332 e. The summed E-state index contributed by atoms with van der Waals surface area (Å²) in [6, 6.07) is 12.6. The average molecular weight is 288 g/mol. The third kappa shape index (κ3) is 3.33. The number of anilines is 2. The second-order valence-corrected chi connectivity index (χ2v) is 4.93. The Morgan fingerprint density at radius 2 is 1.85 bits per heavy atom. The van der Waals surface area contributed by atoms with Gasteiger partial charge in [0.15, 0.2) is 5.11 Å². The van der Waals surface area contributed by atoms with Gasteiger partial charge in [0.05, 0.1) is 5.69 Å². The van der Waals surface area contributed by atoms with Gasteiger partial charge in [-0.2, -0.15) is 0 Å². The van der Waals surface area contributed by atoms with Crippen LogP contribution in [0.1, 0.15) is 18.1 Å². The van der Waals surface area contributed by atoms with Gasteiger partial charge < -0.3 is 10.6 Å². The van der Waals surface area contributed by atoms with Crippen molar-refractivity contribution in [3.63, 3.8) is 0 Å². The highest BCUT2D eigenvalue weighted by Crippen LogP contribution is 2.21. The Balaban J connectivity index is 2.15. The minimum atomic E-state index is -0.322.